The van der Waals surface area contributed by atoms with E-state index >= 15 is 0 Å². The average molecular weight is 252 g/mol. The lowest BCUT2D eigenvalue weighted by atomic mass is 10.1. The Labute approximate surface area is 111 Å². The van der Waals surface area contributed by atoms with Gasteiger partial charge in [0.05, 0.1) is 0 Å². The van der Waals surface area contributed by atoms with E-state index in [0.29, 0.717) is 12.0 Å². The highest BCUT2D eigenvalue weighted by Crippen LogP contribution is 2.06. The van der Waals surface area contributed by atoms with Gasteiger partial charge >= 0.3 is 0 Å². The molecule has 0 aliphatic rings. The van der Waals surface area contributed by atoms with Crippen molar-refractivity contribution in [3.05, 3.63) is 12.2 Å². The van der Waals surface area contributed by atoms with Crippen molar-refractivity contribution < 1.29 is 0 Å². The Hall–Kier alpha value is -0.900. The normalized spacial score (nSPS) is 13.2. The number of nitrogens with one attached hydrogen (secondary N) is 1. The van der Waals surface area contributed by atoms with E-state index in [4.69, 9.17) is 0 Å². The van der Waals surface area contributed by atoms with E-state index in [1.165, 1.54) is 19.3 Å². The molecule has 0 aliphatic carbocycles. The van der Waals surface area contributed by atoms with Gasteiger partial charge in [0.1, 0.15) is 12.2 Å². The van der Waals surface area contributed by atoms with Gasteiger partial charge in [-0.2, -0.15) is 5.10 Å². The molecule has 0 saturated carbocycles. The summed E-state index contributed by atoms with van der Waals surface area (Å²) in [5.41, 5.74) is 0. The van der Waals surface area contributed by atoms with Gasteiger partial charge in [-0.15, -0.1) is 0 Å². The van der Waals surface area contributed by atoms with Crippen LogP contribution in [0.15, 0.2) is 6.33 Å². The summed E-state index contributed by atoms with van der Waals surface area (Å²) in [6, 6.07) is 0.603. The molecule has 0 radical (unpaired) electrons. The molecule has 0 aliphatic heterocycles. The summed E-state index contributed by atoms with van der Waals surface area (Å²) in [7, 11) is 0. The van der Waals surface area contributed by atoms with E-state index in [-0.39, 0.29) is 0 Å². The van der Waals surface area contributed by atoms with Gasteiger partial charge < -0.3 is 5.32 Å². The SMILES string of the molecule is CCCNC(C)CCCc1ncnn1CC(C)C. The zero-order chi connectivity index (χ0) is 13.4. The van der Waals surface area contributed by atoms with Gasteiger partial charge in [-0.05, 0) is 38.6 Å². The molecule has 1 heterocycles. The van der Waals surface area contributed by atoms with Crippen LogP contribution in [0.25, 0.3) is 0 Å². The second-order valence-electron chi connectivity index (χ2n) is 5.50. The van der Waals surface area contributed by atoms with Crippen LogP contribution >= 0.6 is 0 Å². The lowest BCUT2D eigenvalue weighted by molar-refractivity contribution is 0.452. The van der Waals surface area contributed by atoms with Gasteiger partial charge in [-0.25, -0.2) is 9.67 Å². The molecule has 18 heavy (non-hydrogen) atoms. The molecular weight excluding hydrogens is 224 g/mol. The van der Waals surface area contributed by atoms with Crippen molar-refractivity contribution >= 4 is 0 Å². The highest BCUT2D eigenvalue weighted by molar-refractivity contribution is 4.85. The van der Waals surface area contributed by atoms with E-state index < -0.39 is 0 Å². The van der Waals surface area contributed by atoms with Crippen LogP contribution in [0.3, 0.4) is 0 Å². The summed E-state index contributed by atoms with van der Waals surface area (Å²) in [6.07, 6.45) is 6.29. The molecule has 0 aromatic carbocycles. The fourth-order valence-electron chi connectivity index (χ4n) is 2.04. The standard InChI is InChI=1S/C14H28N4/c1-5-9-15-13(4)7-6-8-14-16-11-17-18(14)10-12(2)3/h11-13,15H,5-10H2,1-4H3. The molecule has 0 saturated heterocycles. The largest absolute Gasteiger partial charge is 0.314 e. The summed E-state index contributed by atoms with van der Waals surface area (Å²) in [5.74, 6) is 1.75. The smallest absolute Gasteiger partial charge is 0.138 e. The van der Waals surface area contributed by atoms with Crippen LogP contribution in [-0.2, 0) is 13.0 Å². The Balaban J connectivity index is 2.28. The molecule has 1 rings (SSSR count). The van der Waals surface area contributed by atoms with Crippen LogP contribution in [0.1, 0.15) is 52.8 Å². The summed E-state index contributed by atoms with van der Waals surface area (Å²) < 4.78 is 2.05. The van der Waals surface area contributed by atoms with Gasteiger partial charge in [0.2, 0.25) is 0 Å². The van der Waals surface area contributed by atoms with Crippen molar-refractivity contribution in [2.45, 2.75) is 66.0 Å². The van der Waals surface area contributed by atoms with Gasteiger partial charge in [0, 0.05) is 19.0 Å². The van der Waals surface area contributed by atoms with Gasteiger partial charge in [-0.3, -0.25) is 0 Å². The number of aryl methyl sites for hydroxylation is 1. The summed E-state index contributed by atoms with van der Waals surface area (Å²) in [6.45, 7) is 11.0. The first kappa shape index (κ1) is 15.2. The molecular formula is C14H28N4. The van der Waals surface area contributed by atoms with E-state index in [9.17, 15) is 0 Å². The third kappa shape index (κ3) is 5.63. The maximum absolute atomic E-state index is 4.36. The van der Waals surface area contributed by atoms with E-state index in [0.717, 1.165) is 25.3 Å². The predicted octanol–water partition coefficient (Wildman–Crippen LogP) is 2.64. The van der Waals surface area contributed by atoms with Crippen LogP contribution in [0, 0.1) is 5.92 Å². The first-order valence-corrected chi connectivity index (χ1v) is 7.23. The van der Waals surface area contributed by atoms with Crippen LogP contribution < -0.4 is 5.32 Å². The molecule has 1 aromatic heterocycles. The second-order valence-corrected chi connectivity index (χ2v) is 5.50. The van der Waals surface area contributed by atoms with Gasteiger partial charge in [0.15, 0.2) is 0 Å². The highest BCUT2D eigenvalue weighted by Gasteiger charge is 2.07. The minimum atomic E-state index is 0.603. The summed E-state index contributed by atoms with van der Waals surface area (Å²) >= 11 is 0. The number of rotatable bonds is 9. The Bertz CT molecular complexity index is 319. The Morgan fingerprint density at radius 3 is 2.78 bits per heavy atom. The molecule has 4 nitrogen and oxygen atoms in total. The molecule has 1 unspecified atom stereocenters. The fourth-order valence-corrected chi connectivity index (χ4v) is 2.04. The number of hydrogen-bond acceptors (Lipinski definition) is 3. The van der Waals surface area contributed by atoms with Crippen molar-refractivity contribution in [3.63, 3.8) is 0 Å². The molecule has 104 valence electrons. The molecule has 0 bridgehead atoms. The summed E-state index contributed by atoms with van der Waals surface area (Å²) in [4.78, 5) is 4.36. The Morgan fingerprint density at radius 1 is 1.33 bits per heavy atom. The average Bonchev–Trinajstić information content (AvgIpc) is 2.73. The van der Waals surface area contributed by atoms with Crippen LogP contribution in [0.5, 0.6) is 0 Å². The fraction of sp³-hybridized carbons (Fsp3) is 0.857. The van der Waals surface area contributed by atoms with Crippen molar-refractivity contribution in [1.29, 1.82) is 0 Å². The van der Waals surface area contributed by atoms with Crippen molar-refractivity contribution in [3.8, 4) is 0 Å². The van der Waals surface area contributed by atoms with Crippen LogP contribution in [0.4, 0.5) is 0 Å². The van der Waals surface area contributed by atoms with E-state index in [1.54, 1.807) is 6.33 Å². The summed E-state index contributed by atoms with van der Waals surface area (Å²) in [5, 5.41) is 7.81. The molecule has 1 N–H and O–H groups in total. The van der Waals surface area contributed by atoms with Crippen molar-refractivity contribution in [2.24, 2.45) is 5.92 Å². The van der Waals surface area contributed by atoms with Crippen LogP contribution in [-0.4, -0.2) is 27.4 Å². The number of nitrogens with zero attached hydrogens (tertiary/aromatic N) is 3. The Kier molecular flexibility index (Phi) is 6.94. The van der Waals surface area contributed by atoms with Crippen LogP contribution in [0.2, 0.25) is 0 Å². The van der Waals surface area contributed by atoms with Crippen molar-refractivity contribution in [1.82, 2.24) is 20.1 Å². The maximum atomic E-state index is 4.36. The highest BCUT2D eigenvalue weighted by atomic mass is 15.3. The second kappa shape index (κ2) is 8.25. The van der Waals surface area contributed by atoms with E-state index in [1.807, 2.05) is 0 Å². The van der Waals surface area contributed by atoms with Crippen molar-refractivity contribution in [2.75, 3.05) is 6.54 Å². The van der Waals surface area contributed by atoms with E-state index in [2.05, 4.69) is 47.8 Å². The first-order chi connectivity index (χ1) is 8.63. The zero-order valence-corrected chi connectivity index (χ0v) is 12.3. The first-order valence-electron chi connectivity index (χ1n) is 7.23. The lowest BCUT2D eigenvalue weighted by Crippen LogP contribution is -2.26. The molecule has 0 fully saturated rings. The molecule has 1 atom stereocenters. The number of aromatic nitrogens is 3. The zero-order valence-electron chi connectivity index (χ0n) is 12.3. The number of hydrogen-bond donors (Lipinski definition) is 1. The van der Waals surface area contributed by atoms with Gasteiger partial charge in [-0.1, -0.05) is 20.8 Å². The quantitative estimate of drug-likeness (QED) is 0.734. The van der Waals surface area contributed by atoms with Gasteiger partial charge in [0.25, 0.3) is 0 Å². The molecule has 1 aromatic rings. The Morgan fingerprint density at radius 2 is 2.11 bits per heavy atom. The third-order valence-corrected chi connectivity index (χ3v) is 3.01. The third-order valence-electron chi connectivity index (χ3n) is 3.01. The monoisotopic (exact) mass is 252 g/mol. The maximum Gasteiger partial charge on any atom is 0.138 e. The molecule has 4 heteroatoms. The topological polar surface area (TPSA) is 42.7 Å². The molecule has 0 amide bonds. The minimum Gasteiger partial charge on any atom is -0.314 e. The molecule has 0 spiro atoms. The minimum absolute atomic E-state index is 0.603. The predicted molar refractivity (Wildman–Crippen MR) is 75.6 cm³/mol. The lowest BCUT2D eigenvalue weighted by Gasteiger charge is -2.13.